The van der Waals surface area contributed by atoms with Gasteiger partial charge in [-0.25, -0.2) is 4.79 Å². The van der Waals surface area contributed by atoms with Gasteiger partial charge in [-0.1, -0.05) is 39.0 Å². The van der Waals surface area contributed by atoms with Gasteiger partial charge in [0.25, 0.3) is 5.91 Å². The first-order chi connectivity index (χ1) is 13.7. The van der Waals surface area contributed by atoms with Crippen LogP contribution in [0.5, 0.6) is 0 Å². The van der Waals surface area contributed by atoms with Crippen molar-refractivity contribution in [3.63, 3.8) is 0 Å². The third-order valence-corrected chi connectivity index (χ3v) is 6.26. The van der Waals surface area contributed by atoms with Gasteiger partial charge < -0.3 is 10.1 Å². The third kappa shape index (κ3) is 4.14. The Balaban J connectivity index is 1.69. The van der Waals surface area contributed by atoms with Gasteiger partial charge >= 0.3 is 5.97 Å². The number of hydrogen-bond acceptors (Lipinski definition) is 4. The predicted octanol–water partition coefficient (Wildman–Crippen LogP) is 4.21. The normalized spacial score (nSPS) is 20.1. The summed E-state index contributed by atoms with van der Waals surface area (Å²) in [5.74, 6) is -0.173. The van der Waals surface area contributed by atoms with Gasteiger partial charge in [0.05, 0.1) is 11.1 Å². The molecule has 0 spiro atoms. The molecule has 1 saturated carbocycles. The number of nitrogens with one attached hydrogen (secondary N) is 1. The molecule has 0 bridgehead atoms. The number of aryl methyl sites for hydroxylation is 1. The van der Waals surface area contributed by atoms with Gasteiger partial charge in [-0.15, -0.1) is 0 Å². The number of nitrogens with zero attached hydrogens (tertiary/aromatic N) is 1. The lowest BCUT2D eigenvalue weighted by Gasteiger charge is -2.35. The van der Waals surface area contributed by atoms with E-state index in [1.54, 1.807) is 6.92 Å². The first-order valence-corrected chi connectivity index (χ1v) is 10.7. The molecule has 1 heterocycles. The smallest absolute Gasteiger partial charge is 0.339 e. The van der Waals surface area contributed by atoms with Gasteiger partial charge in [-0.2, -0.15) is 0 Å². The van der Waals surface area contributed by atoms with Crippen LogP contribution in [-0.2, 0) is 22.4 Å². The molecule has 0 unspecified atom stereocenters. The lowest BCUT2D eigenvalue weighted by atomic mass is 9.70. The number of esters is 1. The molecule has 0 radical (unpaired) electrons. The van der Waals surface area contributed by atoms with E-state index in [0.717, 1.165) is 54.3 Å². The molecule has 0 saturated heterocycles. The molecule has 2 aliphatic rings. The molecule has 1 aromatic heterocycles. The summed E-state index contributed by atoms with van der Waals surface area (Å²) in [5.41, 5.74) is 3.54. The second-order valence-corrected chi connectivity index (χ2v) is 9.57. The van der Waals surface area contributed by atoms with Crippen molar-refractivity contribution in [2.75, 3.05) is 0 Å². The summed E-state index contributed by atoms with van der Waals surface area (Å²) in [5, 5.41) is 3.71. The first-order valence-electron chi connectivity index (χ1n) is 10.7. The second kappa shape index (κ2) is 7.43. The Morgan fingerprint density at radius 1 is 1.17 bits per heavy atom. The Kier molecular flexibility index (Phi) is 5.09. The molecule has 4 rings (SSSR count). The lowest BCUT2D eigenvalue weighted by Crippen LogP contribution is -2.37. The molecule has 2 aromatic rings. The summed E-state index contributed by atoms with van der Waals surface area (Å²) >= 11 is 0. The zero-order chi connectivity index (χ0) is 20.8. The maximum Gasteiger partial charge on any atom is 0.339 e. The predicted molar refractivity (Wildman–Crippen MR) is 113 cm³/mol. The number of benzene rings is 1. The third-order valence-electron chi connectivity index (χ3n) is 6.26. The van der Waals surface area contributed by atoms with Crippen molar-refractivity contribution in [1.29, 1.82) is 0 Å². The van der Waals surface area contributed by atoms with Crippen LogP contribution in [0.25, 0.3) is 10.9 Å². The van der Waals surface area contributed by atoms with Gasteiger partial charge in [-0.3, -0.25) is 9.78 Å². The summed E-state index contributed by atoms with van der Waals surface area (Å²) in [7, 11) is 0. The van der Waals surface area contributed by atoms with Crippen LogP contribution in [0.15, 0.2) is 24.3 Å². The molecule has 1 fully saturated rings. The van der Waals surface area contributed by atoms with Crippen molar-refractivity contribution in [1.82, 2.24) is 10.3 Å². The first kappa shape index (κ1) is 19.9. The van der Waals surface area contributed by atoms with Crippen molar-refractivity contribution in [3.8, 4) is 0 Å². The highest BCUT2D eigenvalue weighted by molar-refractivity contribution is 6.05. The van der Waals surface area contributed by atoms with E-state index in [-0.39, 0.29) is 17.4 Å². The molecule has 5 nitrogen and oxygen atoms in total. The number of pyridine rings is 1. The number of hydrogen-bond donors (Lipinski definition) is 1. The maximum absolute atomic E-state index is 13.3. The molecule has 154 valence electrons. The summed E-state index contributed by atoms with van der Waals surface area (Å²) in [6.45, 7) is 8.39. The molecule has 0 aliphatic heterocycles. The van der Waals surface area contributed by atoms with Crippen LogP contribution in [-0.4, -0.2) is 29.0 Å². The van der Waals surface area contributed by atoms with Crippen molar-refractivity contribution in [2.24, 2.45) is 11.3 Å². The maximum atomic E-state index is 13.3. The van der Waals surface area contributed by atoms with E-state index < -0.39 is 12.1 Å². The van der Waals surface area contributed by atoms with Crippen LogP contribution < -0.4 is 5.32 Å². The van der Waals surface area contributed by atoms with E-state index in [4.69, 9.17) is 9.72 Å². The number of amides is 1. The zero-order valence-electron chi connectivity index (χ0n) is 17.7. The Hall–Kier alpha value is -2.43. The van der Waals surface area contributed by atoms with Crippen LogP contribution in [0.1, 0.15) is 68.6 Å². The number of aromatic nitrogens is 1. The minimum atomic E-state index is -0.812. The van der Waals surface area contributed by atoms with Gasteiger partial charge in [0.1, 0.15) is 0 Å². The Morgan fingerprint density at radius 2 is 1.90 bits per heavy atom. The summed E-state index contributed by atoms with van der Waals surface area (Å²) < 4.78 is 5.64. The molecule has 1 aromatic carbocycles. The van der Waals surface area contributed by atoms with E-state index in [0.29, 0.717) is 11.5 Å². The number of rotatable bonds is 4. The Labute approximate surface area is 172 Å². The fourth-order valence-corrected chi connectivity index (χ4v) is 4.18. The molecule has 29 heavy (non-hydrogen) atoms. The van der Waals surface area contributed by atoms with Crippen molar-refractivity contribution >= 4 is 22.8 Å². The van der Waals surface area contributed by atoms with Crippen molar-refractivity contribution in [2.45, 2.75) is 71.9 Å². The average Bonchev–Trinajstić information content (AvgIpc) is 3.48. The number of carbonyl (C=O) groups is 2. The minimum Gasteiger partial charge on any atom is -0.449 e. The van der Waals surface area contributed by atoms with E-state index in [9.17, 15) is 9.59 Å². The topological polar surface area (TPSA) is 68.3 Å². The van der Waals surface area contributed by atoms with Gasteiger partial charge in [-0.05, 0) is 62.0 Å². The number of fused-ring (bicyclic) bond motifs is 2. The zero-order valence-corrected chi connectivity index (χ0v) is 17.7. The molecule has 2 atom stereocenters. The molecular formula is C24H30N2O3. The summed E-state index contributed by atoms with van der Waals surface area (Å²) in [4.78, 5) is 30.4. The SMILES string of the molecule is C[C@@H](OC(=O)c1c2c(nc3ccccc13)CC[C@H](C(C)(C)C)C2)C(=O)NC1CC1. The highest BCUT2D eigenvalue weighted by Gasteiger charge is 2.34. The van der Waals surface area contributed by atoms with Crippen LogP contribution >= 0.6 is 0 Å². The van der Waals surface area contributed by atoms with Gasteiger partial charge in [0.2, 0.25) is 0 Å². The van der Waals surface area contributed by atoms with Crippen molar-refractivity contribution in [3.05, 3.63) is 41.1 Å². The van der Waals surface area contributed by atoms with Gasteiger partial charge in [0, 0.05) is 17.1 Å². The quantitative estimate of drug-likeness (QED) is 0.789. The largest absolute Gasteiger partial charge is 0.449 e. The van der Waals surface area contributed by atoms with Crippen molar-refractivity contribution < 1.29 is 14.3 Å². The van der Waals surface area contributed by atoms with Crippen LogP contribution in [0.3, 0.4) is 0 Å². The monoisotopic (exact) mass is 394 g/mol. The fourth-order valence-electron chi connectivity index (χ4n) is 4.18. The van der Waals surface area contributed by atoms with E-state index in [2.05, 4.69) is 26.1 Å². The second-order valence-electron chi connectivity index (χ2n) is 9.57. The minimum absolute atomic E-state index is 0.155. The Morgan fingerprint density at radius 3 is 2.59 bits per heavy atom. The van der Waals surface area contributed by atoms with Crippen LogP contribution in [0, 0.1) is 11.3 Å². The highest BCUT2D eigenvalue weighted by Crippen LogP contribution is 2.39. The summed E-state index contributed by atoms with van der Waals surface area (Å²) in [6.07, 6.45) is 3.93. The van der Waals surface area contributed by atoms with Gasteiger partial charge in [0.15, 0.2) is 6.10 Å². The Bertz CT molecular complexity index is 956. The van der Waals surface area contributed by atoms with Crippen LogP contribution in [0.2, 0.25) is 0 Å². The average molecular weight is 395 g/mol. The summed E-state index contributed by atoms with van der Waals surface area (Å²) in [6, 6.07) is 7.95. The van der Waals surface area contributed by atoms with E-state index in [1.165, 1.54) is 0 Å². The lowest BCUT2D eigenvalue weighted by molar-refractivity contribution is -0.129. The van der Waals surface area contributed by atoms with E-state index in [1.807, 2.05) is 24.3 Å². The number of carbonyl (C=O) groups excluding carboxylic acids is 2. The van der Waals surface area contributed by atoms with Crippen LogP contribution in [0.4, 0.5) is 0 Å². The highest BCUT2D eigenvalue weighted by atomic mass is 16.5. The molecular weight excluding hydrogens is 364 g/mol. The number of para-hydroxylation sites is 1. The molecule has 1 amide bonds. The fraction of sp³-hybridized carbons (Fsp3) is 0.542. The molecule has 1 N–H and O–H groups in total. The molecule has 5 heteroatoms. The van der Waals surface area contributed by atoms with E-state index >= 15 is 0 Å². The standard InChI is InChI=1S/C24H30N2O3/c1-14(22(27)25-16-10-11-16)29-23(28)21-17-7-5-6-8-19(17)26-20-12-9-15(13-18(20)21)24(2,3)4/h5-8,14-16H,9-13H2,1-4H3,(H,25,27)/t14-,15+/m1/s1. The number of ether oxygens (including phenoxy) is 1. The molecule has 2 aliphatic carbocycles.